The third-order valence-corrected chi connectivity index (χ3v) is 5.69. The summed E-state index contributed by atoms with van der Waals surface area (Å²) in [6.07, 6.45) is 3.97. The van der Waals surface area contributed by atoms with E-state index in [-0.39, 0.29) is 11.3 Å². The molecule has 21 heavy (non-hydrogen) atoms. The average molecular weight is 320 g/mol. The van der Waals surface area contributed by atoms with Crippen LogP contribution in [-0.2, 0) is 14.6 Å². The third kappa shape index (κ3) is 5.85. The predicted molar refractivity (Wildman–Crippen MR) is 87.5 cm³/mol. The number of sulfone groups is 1. The van der Waals surface area contributed by atoms with Crippen LogP contribution in [0.15, 0.2) is 0 Å². The van der Waals surface area contributed by atoms with E-state index in [1.807, 2.05) is 0 Å². The first-order valence-electron chi connectivity index (χ1n) is 8.07. The first-order chi connectivity index (χ1) is 9.83. The maximum absolute atomic E-state index is 11.3. The van der Waals surface area contributed by atoms with Crippen LogP contribution < -0.4 is 5.32 Å². The number of likely N-dealkylation sites (N-methyl/N-ethyl adjacent to an activating group) is 1. The SMILES string of the molecule is CCNC(CCCS(C)(=O)=O)C(C)(CC)N1CCOCC1. The van der Waals surface area contributed by atoms with Crippen LogP contribution in [0.3, 0.4) is 0 Å². The molecule has 0 aromatic carbocycles. The Hall–Kier alpha value is -0.170. The van der Waals surface area contributed by atoms with Gasteiger partial charge in [-0.25, -0.2) is 8.42 Å². The van der Waals surface area contributed by atoms with Crippen LogP contribution >= 0.6 is 0 Å². The Morgan fingerprint density at radius 1 is 1.29 bits per heavy atom. The smallest absolute Gasteiger partial charge is 0.147 e. The Balaban J connectivity index is 2.73. The molecule has 1 aliphatic heterocycles. The molecule has 1 aliphatic rings. The maximum atomic E-state index is 11.3. The zero-order chi connectivity index (χ0) is 15.9. The highest BCUT2D eigenvalue weighted by Crippen LogP contribution is 2.27. The molecule has 0 bridgehead atoms. The summed E-state index contributed by atoms with van der Waals surface area (Å²) in [5, 5.41) is 3.58. The largest absolute Gasteiger partial charge is 0.379 e. The van der Waals surface area contributed by atoms with Crippen molar-refractivity contribution in [2.45, 2.75) is 51.6 Å². The monoisotopic (exact) mass is 320 g/mol. The van der Waals surface area contributed by atoms with Gasteiger partial charge in [0.05, 0.1) is 13.2 Å². The van der Waals surface area contributed by atoms with E-state index in [4.69, 9.17) is 4.74 Å². The number of morpholine rings is 1. The van der Waals surface area contributed by atoms with Crippen LogP contribution in [0.25, 0.3) is 0 Å². The Labute approximate surface area is 130 Å². The van der Waals surface area contributed by atoms with E-state index in [1.165, 1.54) is 6.26 Å². The van der Waals surface area contributed by atoms with Crippen molar-refractivity contribution >= 4 is 9.84 Å². The third-order valence-electron chi connectivity index (χ3n) is 4.66. The minimum atomic E-state index is -2.87. The molecule has 0 saturated carbocycles. The summed E-state index contributed by atoms with van der Waals surface area (Å²) >= 11 is 0. The van der Waals surface area contributed by atoms with E-state index >= 15 is 0 Å². The zero-order valence-corrected chi connectivity index (χ0v) is 14.8. The summed E-state index contributed by atoms with van der Waals surface area (Å²) in [5.41, 5.74) is 0.0529. The minimum Gasteiger partial charge on any atom is -0.379 e. The van der Waals surface area contributed by atoms with Gasteiger partial charge in [0.25, 0.3) is 0 Å². The summed E-state index contributed by atoms with van der Waals surface area (Å²) in [6.45, 7) is 11.0. The van der Waals surface area contributed by atoms with Crippen molar-refractivity contribution in [2.24, 2.45) is 0 Å². The Morgan fingerprint density at radius 2 is 1.90 bits per heavy atom. The molecular formula is C15H32N2O3S. The normalized spacial score (nSPS) is 21.9. The van der Waals surface area contributed by atoms with Crippen molar-refractivity contribution in [3.8, 4) is 0 Å². The summed E-state index contributed by atoms with van der Waals surface area (Å²) in [5.74, 6) is 0.276. The van der Waals surface area contributed by atoms with Gasteiger partial charge < -0.3 is 10.1 Å². The highest BCUT2D eigenvalue weighted by Gasteiger charge is 2.38. The molecule has 1 fully saturated rings. The van der Waals surface area contributed by atoms with Crippen LogP contribution in [0, 0.1) is 0 Å². The molecule has 0 aliphatic carbocycles. The first-order valence-corrected chi connectivity index (χ1v) is 10.1. The van der Waals surface area contributed by atoms with Gasteiger partial charge in [-0.15, -0.1) is 0 Å². The summed E-state index contributed by atoms with van der Waals surface area (Å²) in [7, 11) is -2.87. The van der Waals surface area contributed by atoms with E-state index in [1.54, 1.807) is 0 Å². The number of nitrogens with zero attached hydrogens (tertiary/aromatic N) is 1. The summed E-state index contributed by atoms with van der Waals surface area (Å²) in [4.78, 5) is 2.50. The fraction of sp³-hybridized carbons (Fsp3) is 1.00. The molecule has 1 saturated heterocycles. The van der Waals surface area contributed by atoms with E-state index in [0.29, 0.717) is 6.04 Å². The quantitative estimate of drug-likeness (QED) is 0.694. The van der Waals surface area contributed by atoms with Gasteiger partial charge >= 0.3 is 0 Å². The number of rotatable bonds is 9. The van der Waals surface area contributed by atoms with E-state index in [9.17, 15) is 8.42 Å². The highest BCUT2D eigenvalue weighted by molar-refractivity contribution is 7.90. The number of nitrogens with one attached hydrogen (secondary N) is 1. The van der Waals surface area contributed by atoms with Gasteiger partial charge in [0.1, 0.15) is 9.84 Å². The average Bonchev–Trinajstić information content (AvgIpc) is 2.45. The lowest BCUT2D eigenvalue weighted by molar-refractivity contribution is -0.0332. The molecule has 1 rings (SSSR count). The molecule has 1 heterocycles. The van der Waals surface area contributed by atoms with Crippen molar-refractivity contribution in [3.63, 3.8) is 0 Å². The second-order valence-electron chi connectivity index (χ2n) is 6.19. The standard InChI is InChI=1S/C15H32N2O3S/c1-5-15(3,17-9-11-20-12-10-17)14(16-6-2)8-7-13-21(4,18)19/h14,16H,5-13H2,1-4H3. The van der Waals surface area contributed by atoms with Crippen LogP contribution in [0.1, 0.15) is 40.0 Å². The highest BCUT2D eigenvalue weighted by atomic mass is 32.2. The van der Waals surface area contributed by atoms with Gasteiger partial charge in [-0.2, -0.15) is 0 Å². The molecule has 0 spiro atoms. The summed E-state index contributed by atoms with van der Waals surface area (Å²) < 4.78 is 28.2. The van der Waals surface area contributed by atoms with Crippen molar-refractivity contribution in [3.05, 3.63) is 0 Å². The van der Waals surface area contributed by atoms with Gasteiger partial charge in [0.15, 0.2) is 0 Å². The van der Waals surface area contributed by atoms with E-state index < -0.39 is 9.84 Å². The molecule has 2 atom stereocenters. The van der Waals surface area contributed by atoms with Gasteiger partial charge in [-0.3, -0.25) is 4.90 Å². The van der Waals surface area contributed by atoms with Crippen LogP contribution in [-0.4, -0.2) is 69.8 Å². The Bertz CT molecular complexity index is 394. The molecule has 0 aromatic heterocycles. The fourth-order valence-electron chi connectivity index (χ4n) is 3.19. The van der Waals surface area contributed by atoms with Crippen molar-refractivity contribution in [1.82, 2.24) is 10.2 Å². The lowest BCUT2D eigenvalue weighted by Gasteiger charge is -2.48. The molecule has 126 valence electrons. The van der Waals surface area contributed by atoms with Crippen molar-refractivity contribution < 1.29 is 13.2 Å². The second kappa shape index (κ2) is 8.46. The van der Waals surface area contributed by atoms with Gasteiger partial charge in [-0.1, -0.05) is 13.8 Å². The molecule has 0 radical (unpaired) electrons. The fourth-order valence-corrected chi connectivity index (χ4v) is 3.88. The molecule has 2 unspecified atom stereocenters. The topological polar surface area (TPSA) is 58.6 Å². The predicted octanol–water partition coefficient (Wildman–Crippen LogP) is 1.29. The van der Waals surface area contributed by atoms with Crippen molar-refractivity contribution in [1.29, 1.82) is 0 Å². The maximum Gasteiger partial charge on any atom is 0.147 e. The van der Waals surface area contributed by atoms with Crippen LogP contribution in [0.2, 0.25) is 0 Å². The summed E-state index contributed by atoms with van der Waals surface area (Å²) in [6, 6.07) is 0.312. The molecular weight excluding hydrogens is 288 g/mol. The molecule has 5 nitrogen and oxygen atoms in total. The minimum absolute atomic E-state index is 0.0529. The molecule has 1 N–H and O–H groups in total. The number of ether oxygens (including phenoxy) is 1. The Kier molecular flexibility index (Phi) is 7.60. The van der Waals surface area contributed by atoms with E-state index in [0.717, 1.165) is 52.1 Å². The lowest BCUT2D eigenvalue weighted by Crippen LogP contribution is -2.61. The van der Waals surface area contributed by atoms with Crippen LogP contribution in [0.5, 0.6) is 0 Å². The van der Waals surface area contributed by atoms with Gasteiger partial charge in [-0.05, 0) is 32.7 Å². The van der Waals surface area contributed by atoms with Gasteiger partial charge in [0.2, 0.25) is 0 Å². The van der Waals surface area contributed by atoms with Crippen molar-refractivity contribution in [2.75, 3.05) is 44.9 Å². The Morgan fingerprint density at radius 3 is 2.38 bits per heavy atom. The van der Waals surface area contributed by atoms with Crippen LogP contribution in [0.4, 0.5) is 0 Å². The number of hydrogen-bond acceptors (Lipinski definition) is 5. The molecule has 6 heteroatoms. The van der Waals surface area contributed by atoms with E-state index in [2.05, 4.69) is 31.0 Å². The lowest BCUT2D eigenvalue weighted by atomic mass is 9.84. The zero-order valence-electron chi connectivity index (χ0n) is 14.0. The second-order valence-corrected chi connectivity index (χ2v) is 8.45. The molecule has 0 aromatic rings. The number of hydrogen-bond donors (Lipinski definition) is 1. The molecule has 0 amide bonds. The van der Waals surface area contributed by atoms with Gasteiger partial charge in [0, 0.05) is 36.7 Å². The first kappa shape index (κ1) is 18.9.